The van der Waals surface area contributed by atoms with E-state index in [2.05, 4.69) is 14.9 Å². The highest BCUT2D eigenvalue weighted by molar-refractivity contribution is 7.89. The van der Waals surface area contributed by atoms with Gasteiger partial charge in [-0.05, 0) is 55.9 Å². The predicted octanol–water partition coefficient (Wildman–Crippen LogP) is 2.54. The lowest BCUT2D eigenvalue weighted by atomic mass is 10.2. The minimum atomic E-state index is -3.68. The van der Waals surface area contributed by atoms with Crippen molar-refractivity contribution in [1.29, 1.82) is 0 Å². The number of nitrogens with zero attached hydrogens (tertiary/aromatic N) is 3. The van der Waals surface area contributed by atoms with Crippen molar-refractivity contribution < 1.29 is 17.9 Å². The number of amides is 1. The lowest BCUT2D eigenvalue weighted by Gasteiger charge is -2.19. The smallest absolute Gasteiger partial charge is 0.269 e. The Labute approximate surface area is 162 Å². The number of carbonyl (C=O) groups excluding carboxylic acids is 1. The average Bonchev–Trinajstić information content (AvgIpc) is 3.35. The predicted molar refractivity (Wildman–Crippen MR) is 103 cm³/mol. The number of rotatable bonds is 7. The molecular weight excluding hydrogens is 388 g/mol. The van der Waals surface area contributed by atoms with Gasteiger partial charge >= 0.3 is 0 Å². The van der Waals surface area contributed by atoms with Crippen molar-refractivity contribution in [3.8, 4) is 5.75 Å². The van der Waals surface area contributed by atoms with E-state index in [0.29, 0.717) is 42.4 Å². The molecule has 10 heteroatoms. The van der Waals surface area contributed by atoms with Gasteiger partial charge in [0.1, 0.15) is 15.5 Å². The molecule has 0 saturated carbocycles. The van der Waals surface area contributed by atoms with Crippen molar-refractivity contribution >= 4 is 33.2 Å². The van der Waals surface area contributed by atoms with Crippen LogP contribution in [0.5, 0.6) is 5.75 Å². The van der Waals surface area contributed by atoms with Gasteiger partial charge < -0.3 is 10.1 Å². The molecule has 1 aromatic heterocycles. The molecule has 2 aromatic rings. The van der Waals surface area contributed by atoms with E-state index in [-0.39, 0.29) is 16.6 Å². The fourth-order valence-corrected chi connectivity index (χ4v) is 5.25. The maximum atomic E-state index is 13.0. The number of hydrogen-bond donors (Lipinski definition) is 1. The summed E-state index contributed by atoms with van der Waals surface area (Å²) in [5, 5.41) is 6.67. The Hall–Kier alpha value is -2.04. The largest absolute Gasteiger partial charge is 0.492 e. The SMILES string of the molecule is CCOc1ccc(NC(=O)c2snnc2CC)cc1S(=O)(=O)N1CCCC1. The third-order valence-corrected chi connectivity index (χ3v) is 6.97. The van der Waals surface area contributed by atoms with Crippen molar-refractivity contribution in [2.45, 2.75) is 38.0 Å². The minimum Gasteiger partial charge on any atom is -0.492 e. The van der Waals surface area contributed by atoms with Gasteiger partial charge in [0.25, 0.3) is 5.91 Å². The summed E-state index contributed by atoms with van der Waals surface area (Å²) in [5.41, 5.74) is 1.00. The minimum absolute atomic E-state index is 0.0715. The summed E-state index contributed by atoms with van der Waals surface area (Å²) >= 11 is 1.02. The Morgan fingerprint density at radius 1 is 1.30 bits per heavy atom. The number of aryl methyl sites for hydroxylation is 1. The molecule has 1 fully saturated rings. The van der Waals surface area contributed by atoms with Crippen LogP contribution in [0.4, 0.5) is 5.69 Å². The van der Waals surface area contributed by atoms with Gasteiger partial charge in [0.05, 0.1) is 12.3 Å². The number of nitrogens with one attached hydrogen (secondary N) is 1. The third-order valence-electron chi connectivity index (χ3n) is 4.28. The molecule has 2 heterocycles. The van der Waals surface area contributed by atoms with Crippen molar-refractivity contribution in [2.24, 2.45) is 0 Å². The number of carbonyl (C=O) groups is 1. The van der Waals surface area contributed by atoms with E-state index < -0.39 is 10.0 Å². The second-order valence-electron chi connectivity index (χ2n) is 6.06. The van der Waals surface area contributed by atoms with Gasteiger partial charge in [0.2, 0.25) is 10.0 Å². The number of anilines is 1. The van der Waals surface area contributed by atoms with Gasteiger partial charge in [-0.3, -0.25) is 4.79 Å². The molecule has 0 bridgehead atoms. The quantitative estimate of drug-likeness (QED) is 0.753. The fourth-order valence-electron chi connectivity index (χ4n) is 2.93. The molecule has 0 aliphatic carbocycles. The molecule has 1 aliphatic heterocycles. The Bertz CT molecular complexity index is 921. The van der Waals surface area contributed by atoms with Crippen LogP contribution in [0, 0.1) is 0 Å². The lowest BCUT2D eigenvalue weighted by Crippen LogP contribution is -2.28. The zero-order valence-electron chi connectivity index (χ0n) is 15.3. The van der Waals surface area contributed by atoms with E-state index in [1.54, 1.807) is 19.1 Å². The summed E-state index contributed by atoms with van der Waals surface area (Å²) < 4.78 is 36.8. The van der Waals surface area contributed by atoms with Gasteiger partial charge in [0, 0.05) is 18.8 Å². The van der Waals surface area contributed by atoms with Crippen LogP contribution in [0.25, 0.3) is 0 Å². The Morgan fingerprint density at radius 2 is 2.04 bits per heavy atom. The van der Waals surface area contributed by atoms with Gasteiger partial charge in [-0.1, -0.05) is 11.4 Å². The van der Waals surface area contributed by atoms with Gasteiger partial charge in [0.15, 0.2) is 0 Å². The van der Waals surface area contributed by atoms with Crippen molar-refractivity contribution in [3.05, 3.63) is 28.8 Å². The summed E-state index contributed by atoms with van der Waals surface area (Å²) in [6.45, 7) is 5.03. The first-order chi connectivity index (χ1) is 13.0. The molecular formula is C17H22N4O4S2. The normalized spacial score (nSPS) is 15.0. The molecule has 3 rings (SSSR count). The summed E-state index contributed by atoms with van der Waals surface area (Å²) in [4.78, 5) is 13.0. The number of sulfonamides is 1. The lowest BCUT2D eigenvalue weighted by molar-refractivity contribution is 0.102. The Balaban J connectivity index is 1.92. The second kappa shape index (κ2) is 8.32. The zero-order valence-corrected chi connectivity index (χ0v) is 16.9. The summed E-state index contributed by atoms with van der Waals surface area (Å²) in [5.74, 6) is -0.0633. The summed E-state index contributed by atoms with van der Waals surface area (Å²) in [6, 6.07) is 4.66. The van der Waals surface area contributed by atoms with Crippen LogP contribution in [0.1, 0.15) is 42.1 Å². The summed E-state index contributed by atoms with van der Waals surface area (Å²) in [6.07, 6.45) is 2.28. The maximum Gasteiger partial charge on any atom is 0.269 e. The number of ether oxygens (including phenoxy) is 1. The third kappa shape index (κ3) is 4.12. The van der Waals surface area contributed by atoms with Crippen LogP contribution in [0.2, 0.25) is 0 Å². The van der Waals surface area contributed by atoms with Crippen molar-refractivity contribution in [2.75, 3.05) is 25.0 Å². The molecule has 0 atom stereocenters. The first-order valence-electron chi connectivity index (χ1n) is 8.87. The van der Waals surface area contributed by atoms with E-state index in [4.69, 9.17) is 4.74 Å². The molecule has 1 amide bonds. The van der Waals surface area contributed by atoms with Gasteiger partial charge in [-0.25, -0.2) is 8.42 Å². The topological polar surface area (TPSA) is 101 Å². The first kappa shape index (κ1) is 19.7. The van der Waals surface area contributed by atoms with Gasteiger partial charge in [-0.15, -0.1) is 5.10 Å². The van der Waals surface area contributed by atoms with E-state index in [1.807, 2.05) is 6.92 Å². The Kier molecular flexibility index (Phi) is 6.08. The van der Waals surface area contributed by atoms with Crippen LogP contribution in [0.3, 0.4) is 0 Å². The molecule has 1 saturated heterocycles. The van der Waals surface area contributed by atoms with Crippen LogP contribution in [-0.4, -0.2) is 47.9 Å². The molecule has 0 radical (unpaired) electrons. The number of benzene rings is 1. The Morgan fingerprint density at radius 3 is 2.70 bits per heavy atom. The van der Waals surface area contributed by atoms with Crippen LogP contribution < -0.4 is 10.1 Å². The van der Waals surface area contributed by atoms with E-state index in [9.17, 15) is 13.2 Å². The van der Waals surface area contributed by atoms with Crippen molar-refractivity contribution in [1.82, 2.24) is 13.9 Å². The molecule has 0 unspecified atom stereocenters. The van der Waals surface area contributed by atoms with Crippen LogP contribution >= 0.6 is 11.5 Å². The van der Waals surface area contributed by atoms with Gasteiger partial charge in [-0.2, -0.15) is 4.31 Å². The first-order valence-corrected chi connectivity index (χ1v) is 11.1. The molecule has 1 aromatic carbocycles. The van der Waals surface area contributed by atoms with Crippen molar-refractivity contribution in [3.63, 3.8) is 0 Å². The highest BCUT2D eigenvalue weighted by Crippen LogP contribution is 2.32. The molecule has 146 valence electrons. The second-order valence-corrected chi connectivity index (χ2v) is 8.72. The average molecular weight is 411 g/mol. The van der Waals surface area contributed by atoms with E-state index >= 15 is 0 Å². The van der Waals surface area contributed by atoms with E-state index in [0.717, 1.165) is 24.4 Å². The molecule has 0 spiro atoms. The summed E-state index contributed by atoms with van der Waals surface area (Å²) in [7, 11) is -3.68. The standard InChI is InChI=1S/C17H22N4O4S2/c1-3-13-16(26-20-19-13)17(22)18-12-7-8-14(25-4-2)15(11-12)27(23,24)21-9-5-6-10-21/h7-8,11H,3-6,9-10H2,1-2H3,(H,18,22). The monoisotopic (exact) mass is 410 g/mol. The number of aromatic nitrogens is 2. The fraction of sp³-hybridized carbons (Fsp3) is 0.471. The van der Waals surface area contributed by atoms with Crippen LogP contribution in [0.15, 0.2) is 23.1 Å². The number of hydrogen-bond acceptors (Lipinski definition) is 7. The zero-order chi connectivity index (χ0) is 19.4. The molecule has 1 aliphatic rings. The van der Waals surface area contributed by atoms with E-state index in [1.165, 1.54) is 10.4 Å². The highest BCUT2D eigenvalue weighted by Gasteiger charge is 2.30. The highest BCUT2D eigenvalue weighted by atomic mass is 32.2. The maximum absolute atomic E-state index is 13.0. The molecule has 1 N–H and O–H groups in total. The molecule has 8 nitrogen and oxygen atoms in total. The molecule has 27 heavy (non-hydrogen) atoms. The van der Waals surface area contributed by atoms with Crippen LogP contribution in [-0.2, 0) is 16.4 Å².